The van der Waals surface area contributed by atoms with Crippen molar-refractivity contribution >= 4 is 17.3 Å². The molecule has 0 radical (unpaired) electrons. The molecular weight excluding hydrogens is 214 g/mol. The van der Waals surface area contributed by atoms with Gasteiger partial charge in [-0.25, -0.2) is 0 Å². The zero-order valence-electron chi connectivity index (χ0n) is 8.34. The number of nitrogens with one attached hydrogen (secondary N) is 1. The number of ether oxygens (including phenoxy) is 1. The molecule has 1 aliphatic rings. The summed E-state index contributed by atoms with van der Waals surface area (Å²) in [6.07, 6.45) is -0.0272. The maximum atomic E-state index is 10.8. The van der Waals surface area contributed by atoms with E-state index >= 15 is 0 Å². The monoisotopic (exact) mass is 227 g/mol. The lowest BCUT2D eigenvalue weighted by atomic mass is 10.1. The average molecular weight is 227 g/mol. The minimum absolute atomic E-state index is 0.0264. The van der Waals surface area contributed by atoms with E-state index in [9.17, 15) is 4.79 Å². The van der Waals surface area contributed by atoms with Gasteiger partial charge in [0.15, 0.2) is 0 Å². The first-order valence-corrected chi connectivity index (χ1v) is 5.70. The summed E-state index contributed by atoms with van der Waals surface area (Å²) in [5.74, 6) is -0.855. The third kappa shape index (κ3) is 2.19. The molecule has 0 amide bonds. The number of carboxylic acids is 1. The number of aliphatic carboxylic acids is 1. The molecule has 2 rings (SSSR count). The Kier molecular flexibility index (Phi) is 3.04. The molecule has 2 N–H and O–H groups in total. The Morgan fingerprint density at radius 3 is 3.07 bits per heavy atom. The molecule has 0 saturated carbocycles. The van der Waals surface area contributed by atoms with Gasteiger partial charge in [-0.3, -0.25) is 10.1 Å². The van der Waals surface area contributed by atoms with Crippen LogP contribution in [0.4, 0.5) is 0 Å². The highest BCUT2D eigenvalue weighted by Crippen LogP contribution is 2.28. The van der Waals surface area contributed by atoms with Gasteiger partial charge in [0.2, 0.25) is 0 Å². The minimum Gasteiger partial charge on any atom is -0.480 e. The van der Waals surface area contributed by atoms with E-state index in [2.05, 4.69) is 5.32 Å². The van der Waals surface area contributed by atoms with Crippen molar-refractivity contribution in [2.45, 2.75) is 25.1 Å². The van der Waals surface area contributed by atoms with E-state index in [0.29, 0.717) is 0 Å². The van der Waals surface area contributed by atoms with Gasteiger partial charge < -0.3 is 9.84 Å². The van der Waals surface area contributed by atoms with E-state index in [1.807, 2.05) is 24.4 Å². The van der Waals surface area contributed by atoms with Crippen LogP contribution in [0.15, 0.2) is 17.5 Å². The van der Waals surface area contributed by atoms with Gasteiger partial charge in [-0.1, -0.05) is 6.07 Å². The van der Waals surface area contributed by atoms with Gasteiger partial charge in [-0.05, 0) is 18.4 Å². The van der Waals surface area contributed by atoms with Gasteiger partial charge in [0.25, 0.3) is 0 Å². The van der Waals surface area contributed by atoms with Crippen LogP contribution in [0, 0.1) is 0 Å². The molecule has 2 heterocycles. The molecule has 82 valence electrons. The van der Waals surface area contributed by atoms with Crippen molar-refractivity contribution in [3.05, 3.63) is 22.4 Å². The minimum atomic E-state index is -0.855. The summed E-state index contributed by atoms with van der Waals surface area (Å²) in [6.45, 7) is 2.17. The van der Waals surface area contributed by atoms with Crippen LogP contribution in [0.2, 0.25) is 0 Å². The number of rotatable bonds is 2. The second-order valence-corrected chi connectivity index (χ2v) is 4.59. The number of morpholine rings is 1. The number of thiophene rings is 1. The van der Waals surface area contributed by atoms with Crippen molar-refractivity contribution in [3.63, 3.8) is 0 Å². The van der Waals surface area contributed by atoms with E-state index in [1.165, 1.54) is 0 Å². The van der Waals surface area contributed by atoms with Crippen LogP contribution in [0.3, 0.4) is 0 Å². The molecule has 1 aromatic rings. The summed E-state index contributed by atoms with van der Waals surface area (Å²) in [5, 5.41) is 13.9. The average Bonchev–Trinajstić information content (AvgIpc) is 2.70. The molecule has 15 heavy (non-hydrogen) atoms. The predicted octanol–water partition coefficient (Wildman–Crippen LogP) is 1.25. The van der Waals surface area contributed by atoms with Crippen LogP contribution in [0.1, 0.15) is 17.9 Å². The Balaban J connectivity index is 2.04. The highest BCUT2D eigenvalue weighted by molar-refractivity contribution is 7.10. The first-order valence-electron chi connectivity index (χ1n) is 4.82. The molecule has 0 aromatic carbocycles. The standard InChI is InChI=1S/C10H13NO3S/c1-6-9(8-3-2-4-15-8)14-5-7(11-6)10(12)13/h2-4,6-7,9,11H,5H2,1H3,(H,12,13). The molecular formula is C10H13NO3S. The quantitative estimate of drug-likeness (QED) is 0.798. The van der Waals surface area contributed by atoms with Gasteiger partial charge in [0.1, 0.15) is 12.1 Å². The van der Waals surface area contributed by atoms with Crippen molar-refractivity contribution in [3.8, 4) is 0 Å². The molecule has 1 saturated heterocycles. The third-order valence-electron chi connectivity index (χ3n) is 2.48. The number of hydrogen-bond acceptors (Lipinski definition) is 4. The molecule has 0 bridgehead atoms. The van der Waals surface area contributed by atoms with Crippen LogP contribution in [0.5, 0.6) is 0 Å². The fourth-order valence-corrected chi connectivity index (χ4v) is 2.60. The second-order valence-electron chi connectivity index (χ2n) is 3.62. The summed E-state index contributed by atoms with van der Waals surface area (Å²) in [4.78, 5) is 11.9. The maximum Gasteiger partial charge on any atom is 0.323 e. The predicted molar refractivity (Wildman–Crippen MR) is 57.0 cm³/mol. The molecule has 1 aliphatic heterocycles. The molecule has 3 unspecified atom stereocenters. The Labute approximate surface area is 91.9 Å². The smallest absolute Gasteiger partial charge is 0.323 e. The zero-order valence-corrected chi connectivity index (χ0v) is 9.16. The highest BCUT2D eigenvalue weighted by Gasteiger charge is 2.32. The van der Waals surface area contributed by atoms with Crippen molar-refractivity contribution < 1.29 is 14.6 Å². The lowest BCUT2D eigenvalue weighted by Gasteiger charge is -2.33. The van der Waals surface area contributed by atoms with Crippen molar-refractivity contribution in [1.82, 2.24) is 5.32 Å². The van der Waals surface area contributed by atoms with Crippen LogP contribution in [-0.2, 0) is 9.53 Å². The summed E-state index contributed by atoms with van der Waals surface area (Å²) in [6, 6.07) is 3.42. The number of carbonyl (C=O) groups is 1. The Bertz CT molecular complexity index is 338. The third-order valence-corrected chi connectivity index (χ3v) is 3.42. The Morgan fingerprint density at radius 2 is 2.53 bits per heavy atom. The lowest BCUT2D eigenvalue weighted by Crippen LogP contribution is -2.52. The van der Waals surface area contributed by atoms with Gasteiger partial charge in [-0.2, -0.15) is 0 Å². The number of hydrogen-bond donors (Lipinski definition) is 2. The molecule has 1 aromatic heterocycles. The van der Waals surface area contributed by atoms with Gasteiger partial charge in [0, 0.05) is 10.9 Å². The SMILES string of the molecule is CC1NC(C(=O)O)COC1c1cccs1. The van der Waals surface area contributed by atoms with Crippen LogP contribution >= 0.6 is 11.3 Å². The highest BCUT2D eigenvalue weighted by atomic mass is 32.1. The number of carboxylic acid groups (broad SMARTS) is 1. The molecule has 4 nitrogen and oxygen atoms in total. The molecule has 5 heteroatoms. The summed E-state index contributed by atoms with van der Waals surface area (Å²) in [7, 11) is 0. The summed E-state index contributed by atoms with van der Waals surface area (Å²) >= 11 is 1.63. The van der Waals surface area contributed by atoms with Crippen molar-refractivity contribution in [2.24, 2.45) is 0 Å². The summed E-state index contributed by atoms with van der Waals surface area (Å²) in [5.41, 5.74) is 0. The fraction of sp³-hybridized carbons (Fsp3) is 0.500. The van der Waals surface area contributed by atoms with E-state index < -0.39 is 12.0 Å². The van der Waals surface area contributed by atoms with Crippen molar-refractivity contribution in [2.75, 3.05) is 6.61 Å². The largest absolute Gasteiger partial charge is 0.480 e. The Hall–Kier alpha value is -0.910. The van der Waals surface area contributed by atoms with Gasteiger partial charge in [-0.15, -0.1) is 11.3 Å². The van der Waals surface area contributed by atoms with Crippen LogP contribution in [-0.4, -0.2) is 29.8 Å². The molecule has 1 fully saturated rings. The van der Waals surface area contributed by atoms with Gasteiger partial charge >= 0.3 is 5.97 Å². The first-order chi connectivity index (χ1) is 7.18. The topological polar surface area (TPSA) is 58.6 Å². The normalized spacial score (nSPS) is 31.4. The van der Waals surface area contributed by atoms with E-state index in [-0.39, 0.29) is 18.8 Å². The van der Waals surface area contributed by atoms with Crippen molar-refractivity contribution in [1.29, 1.82) is 0 Å². The molecule has 3 atom stereocenters. The second kappa shape index (κ2) is 4.30. The summed E-state index contributed by atoms with van der Waals surface area (Å²) < 4.78 is 5.58. The van der Waals surface area contributed by atoms with Crippen LogP contribution in [0.25, 0.3) is 0 Å². The van der Waals surface area contributed by atoms with E-state index in [1.54, 1.807) is 11.3 Å². The first kappa shape index (κ1) is 10.6. The lowest BCUT2D eigenvalue weighted by molar-refractivity contribution is -0.145. The van der Waals surface area contributed by atoms with Crippen LogP contribution < -0.4 is 5.32 Å². The molecule has 0 aliphatic carbocycles. The zero-order chi connectivity index (χ0) is 10.8. The maximum absolute atomic E-state index is 10.8. The van der Waals surface area contributed by atoms with E-state index in [4.69, 9.17) is 9.84 Å². The fourth-order valence-electron chi connectivity index (χ4n) is 1.72. The molecule has 0 spiro atoms. The van der Waals surface area contributed by atoms with Gasteiger partial charge in [0.05, 0.1) is 6.61 Å². The van der Waals surface area contributed by atoms with E-state index in [0.717, 1.165) is 4.88 Å². The Morgan fingerprint density at radius 1 is 1.73 bits per heavy atom.